The van der Waals surface area contributed by atoms with E-state index in [2.05, 4.69) is 10.3 Å². The van der Waals surface area contributed by atoms with E-state index in [4.69, 9.17) is 4.74 Å². The number of Topliss-reactive ketones (excluding diaryl/α,β-unsaturated/α-hetero) is 1. The summed E-state index contributed by atoms with van der Waals surface area (Å²) in [4.78, 5) is 57.4. The average molecular weight is 554 g/mol. The molecule has 2 fully saturated rings. The fourth-order valence-electron chi connectivity index (χ4n) is 6.29. The molecule has 10 heteroatoms. The number of nitrogens with one attached hydrogen (secondary N) is 2. The maximum Gasteiger partial charge on any atom is 0.325 e. The number of aromatic amines is 1. The number of carboxylic acids is 1. The third kappa shape index (κ3) is 3.98. The zero-order valence-electron chi connectivity index (χ0n) is 22.3. The van der Waals surface area contributed by atoms with Crippen molar-refractivity contribution in [2.75, 3.05) is 12.0 Å². The van der Waals surface area contributed by atoms with Crippen molar-refractivity contribution >= 4 is 40.2 Å². The van der Waals surface area contributed by atoms with Crippen molar-refractivity contribution in [3.63, 3.8) is 0 Å². The third-order valence-corrected chi connectivity index (χ3v) is 8.27. The van der Waals surface area contributed by atoms with Gasteiger partial charge in [-0.25, -0.2) is 4.90 Å². The van der Waals surface area contributed by atoms with Gasteiger partial charge in [0.05, 0.1) is 24.6 Å². The predicted octanol–water partition coefficient (Wildman–Crippen LogP) is 3.60. The van der Waals surface area contributed by atoms with Crippen LogP contribution in [-0.2, 0) is 20.8 Å². The summed E-state index contributed by atoms with van der Waals surface area (Å²) in [6.07, 6.45) is 1.65. The topological polar surface area (TPSA) is 149 Å². The monoisotopic (exact) mass is 553 g/mol. The molecule has 2 aliphatic heterocycles. The number of rotatable bonds is 7. The maximum atomic E-state index is 14.1. The largest absolute Gasteiger partial charge is 0.504 e. The van der Waals surface area contributed by atoms with Gasteiger partial charge in [0.2, 0.25) is 11.8 Å². The van der Waals surface area contributed by atoms with Crippen LogP contribution in [0, 0.1) is 11.8 Å². The number of aliphatic carboxylic acids is 1. The number of phenols is 1. The summed E-state index contributed by atoms with van der Waals surface area (Å²) in [7, 11) is 1.39. The van der Waals surface area contributed by atoms with Crippen LogP contribution in [0.1, 0.15) is 34.5 Å². The van der Waals surface area contributed by atoms with Crippen molar-refractivity contribution in [1.82, 2.24) is 10.3 Å². The molecule has 0 radical (unpaired) electrons. The van der Waals surface area contributed by atoms with E-state index in [1.165, 1.54) is 50.4 Å². The molecule has 0 bridgehead atoms. The number of para-hydroxylation sites is 1. The van der Waals surface area contributed by atoms with E-state index in [1.54, 1.807) is 12.3 Å². The number of ether oxygens (including phenoxy) is 1. The van der Waals surface area contributed by atoms with Crippen LogP contribution < -0.4 is 15.0 Å². The van der Waals surface area contributed by atoms with Crippen molar-refractivity contribution in [1.29, 1.82) is 0 Å². The molecule has 4 atom stereocenters. The lowest BCUT2D eigenvalue weighted by atomic mass is 9.76. The highest BCUT2D eigenvalue weighted by Crippen LogP contribution is 2.52. The number of amides is 2. The molecule has 2 aliphatic rings. The van der Waals surface area contributed by atoms with Crippen LogP contribution in [0.5, 0.6) is 11.5 Å². The molecule has 208 valence electrons. The predicted molar refractivity (Wildman–Crippen MR) is 149 cm³/mol. The lowest BCUT2D eigenvalue weighted by Crippen LogP contribution is -2.57. The van der Waals surface area contributed by atoms with Gasteiger partial charge >= 0.3 is 5.97 Å². The molecule has 41 heavy (non-hydrogen) atoms. The van der Waals surface area contributed by atoms with Gasteiger partial charge in [0.25, 0.3) is 0 Å². The lowest BCUT2D eigenvalue weighted by Gasteiger charge is -2.31. The molecular weight excluding hydrogens is 526 g/mol. The summed E-state index contributed by atoms with van der Waals surface area (Å²) >= 11 is 0. The quantitative estimate of drug-likeness (QED) is 0.200. The minimum absolute atomic E-state index is 0.0740. The van der Waals surface area contributed by atoms with Gasteiger partial charge in [0.15, 0.2) is 17.3 Å². The minimum atomic E-state index is -1.84. The second kappa shape index (κ2) is 9.60. The van der Waals surface area contributed by atoms with Crippen LogP contribution in [0.3, 0.4) is 0 Å². The van der Waals surface area contributed by atoms with Crippen molar-refractivity contribution < 1.29 is 34.1 Å². The number of hydrogen-bond donors (Lipinski definition) is 4. The number of H-pyrrole nitrogens is 1. The van der Waals surface area contributed by atoms with E-state index in [0.29, 0.717) is 16.7 Å². The van der Waals surface area contributed by atoms with Crippen LogP contribution >= 0.6 is 0 Å². The molecule has 0 saturated carbocycles. The Balaban J connectivity index is 1.50. The molecule has 1 aromatic heterocycles. The fraction of sp³-hybridized carbons (Fsp3) is 0.226. The van der Waals surface area contributed by atoms with Gasteiger partial charge in [-0.1, -0.05) is 24.3 Å². The molecule has 4 N–H and O–H groups in total. The number of carboxylic acid groups (broad SMARTS) is 1. The van der Waals surface area contributed by atoms with E-state index in [1.807, 2.05) is 24.3 Å². The Kier molecular flexibility index (Phi) is 6.15. The van der Waals surface area contributed by atoms with Crippen LogP contribution in [0.2, 0.25) is 0 Å². The lowest BCUT2D eigenvalue weighted by molar-refractivity contribution is -0.148. The number of imide groups is 1. The summed E-state index contributed by atoms with van der Waals surface area (Å²) in [5.41, 5.74) is 0.829. The number of aromatic nitrogens is 1. The third-order valence-electron chi connectivity index (χ3n) is 8.27. The Morgan fingerprint density at radius 3 is 2.44 bits per heavy atom. The number of nitrogens with zero attached hydrogens (tertiary/aromatic N) is 1. The molecule has 4 unspecified atom stereocenters. The summed E-state index contributed by atoms with van der Waals surface area (Å²) in [6.45, 7) is 1.42. The Morgan fingerprint density at radius 1 is 1.02 bits per heavy atom. The summed E-state index contributed by atoms with van der Waals surface area (Å²) in [5.74, 6) is -4.90. The maximum absolute atomic E-state index is 14.1. The molecule has 10 nitrogen and oxygen atoms in total. The number of fused-ring (bicyclic) bond motifs is 2. The van der Waals surface area contributed by atoms with Crippen LogP contribution in [0.25, 0.3) is 10.9 Å². The standard InChI is InChI=1S/C31H27N3O7/c1-16(35)17-7-10-20(11-8-17)34-28(37)25-26(29(34)38)31(30(39)40,14-19-15-32-22-6-4-3-5-21(19)22)33-27(25)18-9-12-23(36)24(13-18)41-2/h3-13,15,25-27,32-33,36H,14H2,1-2H3,(H,39,40). The first-order chi connectivity index (χ1) is 19.7. The Bertz CT molecular complexity index is 1730. The normalized spacial score (nSPS) is 23.7. The molecule has 3 aromatic carbocycles. The highest BCUT2D eigenvalue weighted by atomic mass is 16.5. The van der Waals surface area contributed by atoms with E-state index in [0.717, 1.165) is 15.8 Å². The molecular formula is C31H27N3O7. The fourth-order valence-corrected chi connectivity index (χ4v) is 6.29. The van der Waals surface area contributed by atoms with Gasteiger partial charge in [-0.15, -0.1) is 0 Å². The number of benzene rings is 3. The van der Waals surface area contributed by atoms with Crippen LogP contribution in [0.15, 0.2) is 72.9 Å². The number of hydrogen-bond acceptors (Lipinski definition) is 7. The van der Waals surface area contributed by atoms with E-state index in [-0.39, 0.29) is 29.4 Å². The summed E-state index contributed by atoms with van der Waals surface area (Å²) in [5, 5.41) is 25.0. The molecule has 0 aliphatic carbocycles. The first-order valence-electron chi connectivity index (χ1n) is 13.1. The molecule has 0 spiro atoms. The highest BCUT2D eigenvalue weighted by Gasteiger charge is 2.68. The Morgan fingerprint density at radius 2 is 1.76 bits per heavy atom. The Hall–Kier alpha value is -4.96. The number of carbonyl (C=O) groups excluding carboxylic acids is 3. The number of carbonyl (C=O) groups is 4. The van der Waals surface area contributed by atoms with Crippen LogP contribution in [-0.4, -0.2) is 51.4 Å². The zero-order valence-corrected chi connectivity index (χ0v) is 22.3. The number of methoxy groups -OCH3 is 1. The number of aromatic hydroxyl groups is 1. The first-order valence-corrected chi connectivity index (χ1v) is 13.1. The number of ketones is 1. The van der Waals surface area contributed by atoms with Crippen molar-refractivity contribution in [2.45, 2.75) is 24.9 Å². The molecule has 6 rings (SSSR count). The van der Waals surface area contributed by atoms with Crippen molar-refractivity contribution in [3.05, 3.63) is 89.6 Å². The molecule has 2 saturated heterocycles. The Labute approximate surface area is 234 Å². The van der Waals surface area contributed by atoms with Gasteiger partial charge in [-0.2, -0.15) is 0 Å². The van der Waals surface area contributed by atoms with Gasteiger partial charge in [0, 0.05) is 35.1 Å². The number of anilines is 1. The van der Waals surface area contributed by atoms with Gasteiger partial charge in [0.1, 0.15) is 5.54 Å². The van der Waals surface area contributed by atoms with Gasteiger partial charge < -0.3 is 19.9 Å². The smallest absolute Gasteiger partial charge is 0.325 e. The second-order valence-electron chi connectivity index (χ2n) is 10.5. The molecule has 4 aromatic rings. The summed E-state index contributed by atoms with van der Waals surface area (Å²) in [6, 6.07) is 17.2. The SMILES string of the molecule is COc1cc(C2NC(Cc3c[nH]c4ccccc34)(C(=O)O)C3C(=O)N(c4ccc(C(C)=O)cc4)C(=O)C23)ccc1O. The van der Waals surface area contributed by atoms with E-state index >= 15 is 0 Å². The molecule has 2 amide bonds. The first kappa shape index (κ1) is 26.3. The molecule has 3 heterocycles. The zero-order chi connectivity index (χ0) is 29.1. The average Bonchev–Trinajstić information content (AvgIpc) is 3.61. The number of phenolic OH excluding ortho intramolecular Hbond substituents is 1. The van der Waals surface area contributed by atoms with Crippen molar-refractivity contribution in [2.24, 2.45) is 11.8 Å². The second-order valence-corrected chi connectivity index (χ2v) is 10.5. The summed E-state index contributed by atoms with van der Waals surface area (Å²) < 4.78 is 5.27. The van der Waals surface area contributed by atoms with Crippen molar-refractivity contribution in [3.8, 4) is 11.5 Å². The van der Waals surface area contributed by atoms with Gasteiger partial charge in [-0.3, -0.25) is 24.5 Å². The van der Waals surface area contributed by atoms with Gasteiger partial charge in [-0.05, 0) is 60.5 Å². The van der Waals surface area contributed by atoms with E-state index < -0.39 is 41.2 Å². The highest BCUT2D eigenvalue weighted by molar-refractivity contribution is 6.24. The van der Waals surface area contributed by atoms with Crippen LogP contribution in [0.4, 0.5) is 5.69 Å². The van der Waals surface area contributed by atoms with E-state index in [9.17, 15) is 29.4 Å². The minimum Gasteiger partial charge on any atom is -0.504 e.